The Balaban J connectivity index is 1.54. The molecule has 4 aromatic rings. The van der Waals surface area contributed by atoms with Gasteiger partial charge in [0.05, 0.1) is 25.3 Å². The molecule has 170 valence electrons. The molecule has 2 amide bonds. The minimum atomic E-state index is -0.767. The molecule has 34 heavy (non-hydrogen) atoms. The quantitative estimate of drug-likeness (QED) is 0.383. The molecule has 0 unspecified atom stereocenters. The molecule has 3 aromatic carbocycles. The summed E-state index contributed by atoms with van der Waals surface area (Å²) in [6.07, 6.45) is 0.333. The highest BCUT2D eigenvalue weighted by molar-refractivity contribution is 6.21. The standard InChI is InChI=1S/C26H21N3O5/c1-32-21-13-12-17(15-22(21)33-2)23-27-24(34-28-23)20(14-16-8-4-3-5-9-16)29-25(30)18-10-6-7-11-19(18)26(29)31/h3-13,15,20H,14H2,1-2H3/t20-/m0/s1. The van der Waals surface area contributed by atoms with Gasteiger partial charge in [0, 0.05) is 12.0 Å². The van der Waals surface area contributed by atoms with Gasteiger partial charge in [0.2, 0.25) is 5.82 Å². The first kappa shape index (κ1) is 21.4. The van der Waals surface area contributed by atoms with Crippen LogP contribution in [0.1, 0.15) is 38.2 Å². The lowest BCUT2D eigenvalue weighted by atomic mass is 10.0. The normalized spacial score (nSPS) is 13.6. The van der Waals surface area contributed by atoms with Gasteiger partial charge in [-0.2, -0.15) is 4.98 Å². The summed E-state index contributed by atoms with van der Waals surface area (Å²) < 4.78 is 16.3. The molecule has 0 saturated carbocycles. The SMILES string of the molecule is COc1ccc(-c2noc([C@H](Cc3ccccc3)N3C(=O)c4ccccc4C3=O)n2)cc1OC. The Morgan fingerprint density at radius 2 is 1.50 bits per heavy atom. The first-order valence-corrected chi connectivity index (χ1v) is 10.7. The third kappa shape index (κ3) is 3.69. The van der Waals surface area contributed by atoms with Crippen molar-refractivity contribution in [2.45, 2.75) is 12.5 Å². The van der Waals surface area contributed by atoms with E-state index in [9.17, 15) is 9.59 Å². The summed E-state index contributed by atoms with van der Waals surface area (Å²) in [5.74, 6) is 0.809. The van der Waals surface area contributed by atoms with Crippen molar-refractivity contribution in [3.8, 4) is 22.9 Å². The van der Waals surface area contributed by atoms with Gasteiger partial charge in [-0.05, 0) is 35.9 Å². The zero-order chi connectivity index (χ0) is 23.7. The number of rotatable bonds is 7. The number of amides is 2. The number of methoxy groups -OCH3 is 2. The molecule has 1 aromatic heterocycles. The van der Waals surface area contributed by atoms with Crippen molar-refractivity contribution in [3.05, 3.63) is 95.4 Å². The van der Waals surface area contributed by atoms with Crippen molar-refractivity contribution in [1.82, 2.24) is 15.0 Å². The van der Waals surface area contributed by atoms with Crippen LogP contribution in [0.2, 0.25) is 0 Å². The van der Waals surface area contributed by atoms with Gasteiger partial charge in [-0.15, -0.1) is 0 Å². The van der Waals surface area contributed by atoms with E-state index in [4.69, 9.17) is 14.0 Å². The van der Waals surface area contributed by atoms with E-state index in [1.165, 1.54) is 4.90 Å². The number of hydrogen-bond acceptors (Lipinski definition) is 7. The first-order valence-electron chi connectivity index (χ1n) is 10.7. The van der Waals surface area contributed by atoms with Gasteiger partial charge in [0.1, 0.15) is 6.04 Å². The minimum absolute atomic E-state index is 0.170. The molecule has 1 atom stereocenters. The van der Waals surface area contributed by atoms with Gasteiger partial charge >= 0.3 is 0 Å². The lowest BCUT2D eigenvalue weighted by molar-refractivity contribution is 0.0551. The summed E-state index contributed by atoms with van der Waals surface area (Å²) >= 11 is 0. The van der Waals surface area contributed by atoms with Crippen LogP contribution < -0.4 is 9.47 Å². The van der Waals surface area contributed by atoms with E-state index in [1.54, 1.807) is 56.7 Å². The van der Waals surface area contributed by atoms with Gasteiger partial charge in [-0.3, -0.25) is 14.5 Å². The van der Waals surface area contributed by atoms with Gasteiger partial charge in [0.25, 0.3) is 17.7 Å². The number of carbonyl (C=O) groups excluding carboxylic acids is 2. The van der Waals surface area contributed by atoms with Gasteiger partial charge in [0.15, 0.2) is 11.5 Å². The second-order valence-electron chi connectivity index (χ2n) is 7.76. The van der Waals surface area contributed by atoms with Crippen LogP contribution in [0, 0.1) is 0 Å². The molecule has 5 rings (SSSR count). The van der Waals surface area contributed by atoms with Crippen molar-refractivity contribution in [2.24, 2.45) is 0 Å². The maximum Gasteiger partial charge on any atom is 0.262 e. The minimum Gasteiger partial charge on any atom is -0.493 e. The molecule has 0 bridgehead atoms. The Morgan fingerprint density at radius 3 is 2.15 bits per heavy atom. The average Bonchev–Trinajstić information content (AvgIpc) is 3.47. The van der Waals surface area contributed by atoms with E-state index in [-0.39, 0.29) is 17.7 Å². The van der Waals surface area contributed by atoms with Crippen LogP contribution in [0.5, 0.6) is 11.5 Å². The van der Waals surface area contributed by atoms with E-state index >= 15 is 0 Å². The Bertz CT molecular complexity index is 1330. The summed E-state index contributed by atoms with van der Waals surface area (Å²) in [5.41, 5.74) is 2.30. The highest BCUT2D eigenvalue weighted by Gasteiger charge is 2.42. The van der Waals surface area contributed by atoms with Crippen LogP contribution in [0.4, 0.5) is 0 Å². The molecule has 1 aliphatic heterocycles. The van der Waals surface area contributed by atoms with Crippen molar-refractivity contribution in [3.63, 3.8) is 0 Å². The smallest absolute Gasteiger partial charge is 0.262 e. The Kier molecular flexibility index (Phi) is 5.55. The molecule has 0 spiro atoms. The number of benzene rings is 3. The number of hydrogen-bond donors (Lipinski definition) is 0. The Hall–Kier alpha value is -4.46. The first-order chi connectivity index (χ1) is 16.6. The van der Waals surface area contributed by atoms with Crippen LogP contribution in [-0.4, -0.2) is 41.1 Å². The van der Waals surface area contributed by atoms with Gasteiger partial charge in [-0.1, -0.05) is 47.6 Å². The summed E-state index contributed by atoms with van der Waals surface area (Å²) in [4.78, 5) is 32.2. The predicted molar refractivity (Wildman–Crippen MR) is 123 cm³/mol. The van der Waals surface area contributed by atoms with Crippen molar-refractivity contribution >= 4 is 11.8 Å². The van der Waals surface area contributed by atoms with Crippen LogP contribution >= 0.6 is 0 Å². The third-order valence-electron chi connectivity index (χ3n) is 5.78. The van der Waals surface area contributed by atoms with Gasteiger partial charge in [-0.25, -0.2) is 0 Å². The van der Waals surface area contributed by atoms with Crippen LogP contribution in [0.25, 0.3) is 11.4 Å². The lowest BCUT2D eigenvalue weighted by Crippen LogP contribution is -2.35. The molecule has 0 N–H and O–H groups in total. The number of imide groups is 1. The molecule has 8 nitrogen and oxygen atoms in total. The molecule has 0 fully saturated rings. The maximum atomic E-state index is 13.2. The zero-order valence-electron chi connectivity index (χ0n) is 18.6. The van der Waals surface area contributed by atoms with Crippen molar-refractivity contribution in [2.75, 3.05) is 14.2 Å². The second-order valence-corrected chi connectivity index (χ2v) is 7.76. The highest BCUT2D eigenvalue weighted by atomic mass is 16.5. The molecule has 8 heteroatoms. The Morgan fingerprint density at radius 1 is 0.853 bits per heavy atom. The van der Waals surface area contributed by atoms with Crippen LogP contribution in [0.15, 0.2) is 77.3 Å². The molecule has 0 saturated heterocycles. The molecular weight excluding hydrogens is 434 g/mol. The number of carbonyl (C=O) groups is 2. The number of fused-ring (bicyclic) bond motifs is 1. The molecule has 0 radical (unpaired) electrons. The van der Waals surface area contributed by atoms with E-state index < -0.39 is 6.04 Å². The summed E-state index contributed by atoms with van der Waals surface area (Å²) in [6.45, 7) is 0. The average molecular weight is 455 g/mol. The molecule has 1 aliphatic rings. The van der Waals surface area contributed by atoms with E-state index in [0.29, 0.717) is 40.4 Å². The fourth-order valence-corrected chi connectivity index (χ4v) is 4.08. The molecular formula is C26H21N3O5. The number of ether oxygens (including phenoxy) is 2. The number of aromatic nitrogens is 2. The van der Waals surface area contributed by atoms with Crippen LogP contribution in [-0.2, 0) is 6.42 Å². The monoisotopic (exact) mass is 455 g/mol. The highest BCUT2D eigenvalue weighted by Crippen LogP contribution is 2.35. The Labute approximate surface area is 195 Å². The van der Waals surface area contributed by atoms with Gasteiger partial charge < -0.3 is 14.0 Å². The number of nitrogens with zero attached hydrogens (tertiary/aromatic N) is 3. The lowest BCUT2D eigenvalue weighted by Gasteiger charge is -2.23. The fraction of sp³-hybridized carbons (Fsp3) is 0.154. The fourth-order valence-electron chi connectivity index (χ4n) is 4.08. The van der Waals surface area contributed by atoms with Crippen LogP contribution in [0.3, 0.4) is 0 Å². The molecule has 0 aliphatic carbocycles. The van der Waals surface area contributed by atoms with Crippen molar-refractivity contribution < 1.29 is 23.6 Å². The summed E-state index contributed by atoms with van der Waals surface area (Å²) in [7, 11) is 3.10. The third-order valence-corrected chi connectivity index (χ3v) is 5.78. The maximum absolute atomic E-state index is 13.2. The van der Waals surface area contributed by atoms with E-state index in [2.05, 4.69) is 10.1 Å². The second kappa shape index (κ2) is 8.82. The van der Waals surface area contributed by atoms with E-state index in [0.717, 1.165) is 5.56 Å². The largest absolute Gasteiger partial charge is 0.493 e. The summed E-state index contributed by atoms with van der Waals surface area (Å²) in [6, 6.07) is 20.8. The van der Waals surface area contributed by atoms with E-state index in [1.807, 2.05) is 30.3 Å². The predicted octanol–water partition coefficient (Wildman–Crippen LogP) is 4.33. The zero-order valence-corrected chi connectivity index (χ0v) is 18.6. The summed E-state index contributed by atoms with van der Waals surface area (Å²) in [5, 5.41) is 4.12. The molecule has 2 heterocycles. The van der Waals surface area contributed by atoms with Crippen molar-refractivity contribution in [1.29, 1.82) is 0 Å². The topological polar surface area (TPSA) is 94.8 Å².